The first kappa shape index (κ1) is 14.4. The molecule has 0 aliphatic carbocycles. The number of hydrogen-bond donors (Lipinski definition) is 1. The Kier molecular flexibility index (Phi) is 4.12. The van der Waals surface area contributed by atoms with Crippen molar-refractivity contribution in [2.45, 2.75) is 13.5 Å². The number of oxazole rings is 1. The van der Waals surface area contributed by atoms with Crippen molar-refractivity contribution in [3.05, 3.63) is 45.8 Å². The predicted octanol–water partition coefficient (Wildman–Crippen LogP) is 1.68. The van der Waals surface area contributed by atoms with Crippen molar-refractivity contribution in [3.63, 3.8) is 0 Å². The van der Waals surface area contributed by atoms with Gasteiger partial charge in [0.05, 0.1) is 29.8 Å². The summed E-state index contributed by atoms with van der Waals surface area (Å²) in [5, 5.41) is 13.8. The minimum absolute atomic E-state index is 0.00651. The third-order valence-corrected chi connectivity index (χ3v) is 2.59. The van der Waals surface area contributed by atoms with Crippen molar-refractivity contribution >= 4 is 17.5 Å². The number of carbonyl (C=O) groups is 1. The lowest BCUT2D eigenvalue weighted by molar-refractivity contribution is -0.384. The number of pyridine rings is 1. The number of methoxy groups -OCH3 is 1. The van der Waals surface area contributed by atoms with Crippen LogP contribution in [-0.2, 0) is 11.3 Å². The Morgan fingerprint density at radius 1 is 1.57 bits per heavy atom. The first-order valence-electron chi connectivity index (χ1n) is 5.89. The van der Waals surface area contributed by atoms with Crippen LogP contribution < -0.4 is 5.32 Å². The van der Waals surface area contributed by atoms with Gasteiger partial charge in [-0.1, -0.05) is 0 Å². The molecule has 9 heteroatoms. The highest BCUT2D eigenvalue weighted by Crippen LogP contribution is 2.23. The van der Waals surface area contributed by atoms with Gasteiger partial charge in [0.15, 0.2) is 5.89 Å². The van der Waals surface area contributed by atoms with Crippen LogP contribution in [0.1, 0.15) is 21.9 Å². The van der Waals surface area contributed by atoms with Gasteiger partial charge in [0.1, 0.15) is 6.26 Å². The zero-order chi connectivity index (χ0) is 15.4. The third kappa shape index (κ3) is 3.32. The number of hydrogen-bond acceptors (Lipinski definition) is 8. The van der Waals surface area contributed by atoms with E-state index in [0.717, 1.165) is 6.07 Å². The van der Waals surface area contributed by atoms with Gasteiger partial charge in [-0.05, 0) is 0 Å². The quantitative estimate of drug-likeness (QED) is 0.502. The van der Waals surface area contributed by atoms with Crippen molar-refractivity contribution in [2.24, 2.45) is 0 Å². The van der Waals surface area contributed by atoms with Crippen LogP contribution >= 0.6 is 0 Å². The molecule has 110 valence electrons. The first-order valence-corrected chi connectivity index (χ1v) is 5.89. The number of nitrogens with one attached hydrogen (secondary N) is 1. The summed E-state index contributed by atoms with van der Waals surface area (Å²) in [5.74, 6) is -0.159. The molecule has 0 radical (unpaired) electrons. The van der Waals surface area contributed by atoms with Gasteiger partial charge < -0.3 is 14.5 Å². The second-order valence-electron chi connectivity index (χ2n) is 4.05. The molecule has 21 heavy (non-hydrogen) atoms. The minimum atomic E-state index is -0.690. The molecule has 0 spiro atoms. The van der Waals surface area contributed by atoms with Gasteiger partial charge in [0.2, 0.25) is 5.82 Å². The number of aryl methyl sites for hydroxylation is 1. The Bertz CT molecular complexity index is 682. The summed E-state index contributed by atoms with van der Waals surface area (Å²) in [5.41, 5.74) is 0.269. The van der Waals surface area contributed by atoms with Gasteiger partial charge in [-0.2, -0.15) is 0 Å². The summed E-state index contributed by atoms with van der Waals surface area (Å²) in [6.45, 7) is 1.90. The van der Waals surface area contributed by atoms with Crippen molar-refractivity contribution < 1.29 is 18.9 Å². The van der Waals surface area contributed by atoms with E-state index in [9.17, 15) is 14.9 Å². The van der Waals surface area contributed by atoms with Gasteiger partial charge in [0.25, 0.3) is 0 Å². The molecule has 2 aromatic heterocycles. The van der Waals surface area contributed by atoms with Crippen LogP contribution in [0, 0.1) is 17.0 Å². The van der Waals surface area contributed by atoms with Crippen molar-refractivity contribution in [3.8, 4) is 0 Å². The SMILES string of the molecule is COC(=O)c1cnc(NCc2coc(C)n2)c([N+](=O)[O-])c1. The highest BCUT2D eigenvalue weighted by atomic mass is 16.6. The number of aromatic nitrogens is 2. The summed E-state index contributed by atoms with van der Waals surface area (Å²) in [6.07, 6.45) is 2.65. The highest BCUT2D eigenvalue weighted by Gasteiger charge is 2.19. The molecule has 2 rings (SSSR count). The zero-order valence-corrected chi connectivity index (χ0v) is 11.3. The van der Waals surface area contributed by atoms with Gasteiger partial charge in [0, 0.05) is 19.2 Å². The van der Waals surface area contributed by atoms with Crippen molar-refractivity contribution in [2.75, 3.05) is 12.4 Å². The van der Waals surface area contributed by atoms with Crippen molar-refractivity contribution in [1.29, 1.82) is 0 Å². The third-order valence-electron chi connectivity index (χ3n) is 2.59. The fourth-order valence-corrected chi connectivity index (χ4v) is 1.62. The number of rotatable bonds is 5. The van der Waals surface area contributed by atoms with E-state index >= 15 is 0 Å². The molecule has 0 aliphatic rings. The summed E-state index contributed by atoms with van der Waals surface area (Å²) in [6, 6.07) is 1.11. The number of ether oxygens (including phenoxy) is 1. The van der Waals surface area contributed by atoms with E-state index in [-0.39, 0.29) is 23.6 Å². The Hall–Kier alpha value is -2.97. The Morgan fingerprint density at radius 2 is 2.33 bits per heavy atom. The molecule has 2 aromatic rings. The highest BCUT2D eigenvalue weighted by molar-refractivity contribution is 5.90. The fourth-order valence-electron chi connectivity index (χ4n) is 1.62. The van der Waals surface area contributed by atoms with Crippen LogP contribution in [-0.4, -0.2) is 28.0 Å². The Labute approximate surface area is 119 Å². The van der Waals surface area contributed by atoms with Gasteiger partial charge in [-0.25, -0.2) is 14.8 Å². The van der Waals surface area contributed by atoms with Crippen LogP contribution in [0.4, 0.5) is 11.5 Å². The maximum absolute atomic E-state index is 11.4. The molecule has 9 nitrogen and oxygen atoms in total. The van der Waals surface area contributed by atoms with E-state index in [1.54, 1.807) is 6.92 Å². The van der Waals surface area contributed by atoms with E-state index in [1.807, 2.05) is 0 Å². The lowest BCUT2D eigenvalue weighted by atomic mass is 10.2. The molecule has 0 saturated carbocycles. The lowest BCUT2D eigenvalue weighted by Gasteiger charge is -2.05. The average molecular weight is 292 g/mol. The van der Waals surface area contributed by atoms with E-state index < -0.39 is 10.9 Å². The van der Waals surface area contributed by atoms with E-state index in [2.05, 4.69) is 20.0 Å². The van der Waals surface area contributed by atoms with E-state index in [0.29, 0.717) is 11.6 Å². The molecule has 0 atom stereocenters. The van der Waals surface area contributed by atoms with E-state index in [4.69, 9.17) is 4.42 Å². The molecule has 0 aliphatic heterocycles. The fraction of sp³-hybridized carbons (Fsp3) is 0.250. The molecule has 0 unspecified atom stereocenters. The van der Waals surface area contributed by atoms with Gasteiger partial charge in [-0.15, -0.1) is 0 Å². The Balaban J connectivity index is 2.22. The first-order chi connectivity index (χ1) is 10.0. The largest absolute Gasteiger partial charge is 0.465 e. The van der Waals surface area contributed by atoms with Gasteiger partial charge in [-0.3, -0.25) is 10.1 Å². The van der Waals surface area contributed by atoms with Gasteiger partial charge >= 0.3 is 11.7 Å². The van der Waals surface area contributed by atoms with Crippen LogP contribution in [0.2, 0.25) is 0 Å². The number of nitrogens with zero attached hydrogens (tertiary/aromatic N) is 3. The Morgan fingerprint density at radius 3 is 2.90 bits per heavy atom. The van der Waals surface area contributed by atoms with Crippen molar-refractivity contribution in [1.82, 2.24) is 9.97 Å². The molecule has 2 heterocycles. The summed E-state index contributed by atoms with van der Waals surface area (Å²) in [4.78, 5) is 29.7. The lowest BCUT2D eigenvalue weighted by Crippen LogP contribution is -2.08. The summed E-state index contributed by atoms with van der Waals surface area (Å²) >= 11 is 0. The standard InChI is InChI=1S/C12H12N4O5/c1-7-15-9(6-21-7)5-14-11-10(16(18)19)3-8(4-13-11)12(17)20-2/h3-4,6H,5H2,1-2H3,(H,13,14). The van der Waals surface area contributed by atoms with Crippen LogP contribution in [0.3, 0.4) is 0 Å². The molecule has 0 fully saturated rings. The molecule has 1 N–H and O–H groups in total. The summed E-state index contributed by atoms with van der Waals surface area (Å²) in [7, 11) is 1.19. The maximum atomic E-state index is 11.4. The predicted molar refractivity (Wildman–Crippen MR) is 70.8 cm³/mol. The van der Waals surface area contributed by atoms with Crippen LogP contribution in [0.25, 0.3) is 0 Å². The molecular weight excluding hydrogens is 280 g/mol. The smallest absolute Gasteiger partial charge is 0.339 e. The number of esters is 1. The molecule has 0 amide bonds. The summed E-state index contributed by atoms with van der Waals surface area (Å²) < 4.78 is 9.53. The van der Waals surface area contributed by atoms with Crippen LogP contribution in [0.5, 0.6) is 0 Å². The number of anilines is 1. The number of nitro groups is 1. The normalized spacial score (nSPS) is 10.2. The number of carbonyl (C=O) groups excluding carboxylic acids is 1. The minimum Gasteiger partial charge on any atom is -0.465 e. The average Bonchev–Trinajstić information content (AvgIpc) is 2.89. The van der Waals surface area contributed by atoms with Crippen LogP contribution in [0.15, 0.2) is 22.9 Å². The monoisotopic (exact) mass is 292 g/mol. The topological polar surface area (TPSA) is 120 Å². The maximum Gasteiger partial charge on any atom is 0.339 e. The molecular formula is C12H12N4O5. The molecule has 0 bridgehead atoms. The second-order valence-corrected chi connectivity index (χ2v) is 4.05. The molecule has 0 aromatic carbocycles. The molecule has 0 saturated heterocycles. The van der Waals surface area contributed by atoms with E-state index in [1.165, 1.54) is 19.6 Å². The second kappa shape index (κ2) is 5.99. The zero-order valence-electron chi connectivity index (χ0n) is 11.3.